The second-order valence-corrected chi connectivity index (χ2v) is 27.3. The number of aryl methyl sites for hydroxylation is 1. The summed E-state index contributed by atoms with van der Waals surface area (Å²) >= 11 is 0. The average molecular weight is 1250 g/mol. The Morgan fingerprint density at radius 3 is 1.57 bits per heavy atom. The van der Waals surface area contributed by atoms with Gasteiger partial charge in [-0.15, -0.1) is 0 Å². The molecule has 3 aliphatic heterocycles. The third kappa shape index (κ3) is 13.8. The molecule has 0 radical (unpaired) electrons. The average Bonchev–Trinajstić information content (AvgIpc) is 2.18. The lowest BCUT2D eigenvalue weighted by Gasteiger charge is -2.42. The molecule has 3 fully saturated rings. The molecule has 3 aliphatic rings. The number of aromatic nitrogens is 12. The smallest absolute Gasteiger partial charge is 0.338 e. The maximum absolute atomic E-state index is 15.3. The van der Waals surface area contributed by atoms with Gasteiger partial charge >= 0.3 is 5.97 Å². The number of carbonyl (C=O) groups excluding carboxylic acids is 3. The summed E-state index contributed by atoms with van der Waals surface area (Å²) in [6.07, 6.45) is 4.92. The molecule has 8 atom stereocenters. The molecule has 9 aromatic rings. The molecule has 0 bridgehead atoms. The largest absolute Gasteiger partial charge is 0.459 e. The molecule has 89 heavy (non-hydrogen) atoms. The van der Waals surface area contributed by atoms with Crippen LogP contribution in [-0.4, -0.2) is 170 Å². The zero-order chi connectivity index (χ0) is 61.8. The molecule has 464 valence electrons. The standard InChI is InChI=1S/C59H67N17O11P2/c1-37(2)24-60-59-68-38(3)48-55(71-59)76(34-65-48)47-28-73(88(4,80)83-30-42-22-15-23-45(85-42)74-35-66-49-51(61-32-63-53(49)74)69-56(77)39-16-9-6-10-17-39)26-44(87-47)31-84-89(5,81)72-25-43(29-82-58(79)41-20-13-8-14-21-41)86-46(27-72)75-36-67-50-52(62-33-64-54(50)75)70-57(78)40-18-11-7-12-19-40/h6-14,16-21,32-37,42-47H,15,22-31H2,1-5H3,(H,60,68,71)(H,61,63,69,77)(H,62,64,70,78)/t42?,43-,44-,45+,46+,47+,88-,89-/m0/s1. The topological polar surface area (TPSA) is 314 Å². The second-order valence-electron chi connectivity index (χ2n) is 22.4. The van der Waals surface area contributed by atoms with E-state index in [1.54, 1.807) is 121 Å². The zero-order valence-electron chi connectivity index (χ0n) is 49.5. The summed E-state index contributed by atoms with van der Waals surface area (Å²) in [4.78, 5) is 80.7. The summed E-state index contributed by atoms with van der Waals surface area (Å²) in [5.41, 5.74) is 4.35. The van der Waals surface area contributed by atoms with E-state index in [4.69, 9.17) is 38.0 Å². The Hall–Kier alpha value is -8.30. The Kier molecular flexibility index (Phi) is 18.1. The first-order chi connectivity index (χ1) is 43.0. The first-order valence-electron chi connectivity index (χ1n) is 29.2. The highest BCUT2D eigenvalue weighted by atomic mass is 31.2. The van der Waals surface area contributed by atoms with Crippen molar-refractivity contribution in [1.82, 2.24) is 67.9 Å². The number of nitrogens with zero attached hydrogens (tertiary/aromatic N) is 14. The maximum Gasteiger partial charge on any atom is 0.338 e. The van der Waals surface area contributed by atoms with E-state index in [2.05, 4.69) is 64.7 Å². The number of rotatable bonds is 21. The fourth-order valence-electron chi connectivity index (χ4n) is 10.8. The van der Waals surface area contributed by atoms with E-state index in [0.29, 0.717) is 81.6 Å². The van der Waals surface area contributed by atoms with E-state index < -0.39 is 63.9 Å². The van der Waals surface area contributed by atoms with Gasteiger partial charge in [0.05, 0.1) is 68.8 Å². The van der Waals surface area contributed by atoms with Crippen molar-refractivity contribution in [3.8, 4) is 0 Å². The van der Waals surface area contributed by atoms with Crippen molar-refractivity contribution in [2.75, 3.05) is 81.8 Å². The summed E-state index contributed by atoms with van der Waals surface area (Å²) in [6, 6.07) is 26.0. The zero-order valence-corrected chi connectivity index (χ0v) is 51.3. The minimum atomic E-state index is -3.85. The minimum absolute atomic E-state index is 0.00743. The fourth-order valence-corrected chi connectivity index (χ4v) is 13.9. The summed E-state index contributed by atoms with van der Waals surface area (Å²) in [7, 11) is -7.57. The maximum atomic E-state index is 15.3. The molecular weight excluding hydrogens is 1180 g/mol. The highest BCUT2D eigenvalue weighted by Crippen LogP contribution is 2.53. The number of hydrogen-bond acceptors (Lipinski definition) is 21. The summed E-state index contributed by atoms with van der Waals surface area (Å²) in [6.45, 7) is 9.33. The number of benzene rings is 3. The minimum Gasteiger partial charge on any atom is -0.459 e. The Balaban J connectivity index is 0.778. The number of fused-ring (bicyclic) bond motifs is 3. The van der Waals surface area contributed by atoms with Crippen LogP contribution >= 0.6 is 15.0 Å². The van der Waals surface area contributed by atoms with Gasteiger partial charge in [-0.1, -0.05) is 68.4 Å². The van der Waals surface area contributed by atoms with E-state index in [9.17, 15) is 14.4 Å². The Morgan fingerprint density at radius 1 is 0.562 bits per heavy atom. The fraction of sp³-hybridized carbons (Fsp3) is 0.390. The van der Waals surface area contributed by atoms with Crippen LogP contribution in [0, 0.1) is 12.8 Å². The van der Waals surface area contributed by atoms with Gasteiger partial charge in [0.2, 0.25) is 5.95 Å². The van der Waals surface area contributed by atoms with Crippen molar-refractivity contribution in [3.63, 3.8) is 0 Å². The van der Waals surface area contributed by atoms with Gasteiger partial charge in [-0.05, 0) is 68.5 Å². The number of amides is 2. The van der Waals surface area contributed by atoms with E-state index >= 15 is 9.13 Å². The van der Waals surface area contributed by atoms with E-state index in [1.165, 1.54) is 25.6 Å². The molecule has 1 unspecified atom stereocenters. The van der Waals surface area contributed by atoms with Gasteiger partial charge < -0.3 is 43.9 Å². The van der Waals surface area contributed by atoms with Crippen LogP contribution in [0.1, 0.15) is 88.6 Å². The van der Waals surface area contributed by atoms with Crippen molar-refractivity contribution in [2.24, 2.45) is 5.92 Å². The molecule has 0 spiro atoms. The van der Waals surface area contributed by atoms with Crippen LogP contribution in [0.4, 0.5) is 17.6 Å². The molecule has 12 rings (SSSR count). The molecular formula is C59H67N17O11P2. The number of nitrogens with one attached hydrogen (secondary N) is 3. The van der Waals surface area contributed by atoms with E-state index in [1.807, 2.05) is 19.1 Å². The molecule has 6 aromatic heterocycles. The predicted molar refractivity (Wildman–Crippen MR) is 327 cm³/mol. The monoisotopic (exact) mass is 1250 g/mol. The number of imidazole rings is 3. The number of esters is 1. The van der Waals surface area contributed by atoms with Gasteiger partial charge in [0.15, 0.2) is 39.6 Å². The van der Waals surface area contributed by atoms with Gasteiger partial charge in [0.25, 0.3) is 26.9 Å². The summed E-state index contributed by atoms with van der Waals surface area (Å²) in [5.74, 6) is -0.161. The number of hydrogen-bond donors (Lipinski definition) is 3. The SMILES string of the molecule is Cc1nc(NCC(C)C)nc2c1ncn2[C@H]1CN([P@@](C)(=O)OCC2CCC[C@H](n3cnc4c(NC(=O)c5ccccc5)ncnc43)O2)C[C@@H](CO[P@](C)(=O)N2C[C@@H](COC(=O)c3ccccc3)O[C@@H](n3cnc4c(NC(=O)c5ccccc5)ncnc43)C2)O1. The number of carbonyl (C=O) groups is 3. The van der Waals surface area contributed by atoms with Crippen LogP contribution in [0.15, 0.2) is 123 Å². The summed E-state index contributed by atoms with van der Waals surface area (Å²) < 4.78 is 78.0. The van der Waals surface area contributed by atoms with Crippen LogP contribution in [0.25, 0.3) is 33.5 Å². The first-order valence-corrected chi connectivity index (χ1v) is 33.2. The van der Waals surface area contributed by atoms with Crippen molar-refractivity contribution >= 4 is 83.9 Å². The third-order valence-electron chi connectivity index (χ3n) is 15.5. The first kappa shape index (κ1) is 61.0. The van der Waals surface area contributed by atoms with Crippen LogP contribution < -0.4 is 16.0 Å². The van der Waals surface area contributed by atoms with Crippen molar-refractivity contribution in [1.29, 1.82) is 0 Å². The molecule has 9 heterocycles. The van der Waals surface area contributed by atoms with Crippen molar-refractivity contribution < 1.29 is 51.5 Å². The summed E-state index contributed by atoms with van der Waals surface area (Å²) in [5, 5.41) is 9.00. The Bertz CT molecular complexity index is 4100. The Labute approximate surface area is 511 Å². The molecule has 0 aliphatic carbocycles. The second kappa shape index (κ2) is 26.4. The molecule has 0 saturated carbocycles. The van der Waals surface area contributed by atoms with Gasteiger partial charge in [-0.3, -0.25) is 32.4 Å². The molecule has 28 nitrogen and oxygen atoms in total. The van der Waals surface area contributed by atoms with E-state index in [0.717, 1.165) is 6.42 Å². The number of ether oxygens (including phenoxy) is 4. The van der Waals surface area contributed by atoms with Crippen LogP contribution in [0.5, 0.6) is 0 Å². The van der Waals surface area contributed by atoms with Crippen molar-refractivity contribution in [3.05, 3.63) is 145 Å². The number of anilines is 3. The van der Waals surface area contributed by atoms with Crippen LogP contribution in [-0.2, 0) is 37.1 Å². The molecule has 30 heteroatoms. The molecule has 3 aromatic carbocycles. The van der Waals surface area contributed by atoms with Gasteiger partial charge in [-0.2, -0.15) is 4.98 Å². The van der Waals surface area contributed by atoms with E-state index in [-0.39, 0.29) is 69.1 Å². The molecule has 3 saturated heterocycles. The third-order valence-corrected chi connectivity index (χ3v) is 19.4. The highest BCUT2D eigenvalue weighted by Gasteiger charge is 2.43. The van der Waals surface area contributed by atoms with Gasteiger partial charge in [-0.25, -0.2) is 54.0 Å². The normalized spacial score (nSPS) is 21.6. The van der Waals surface area contributed by atoms with Crippen molar-refractivity contribution in [2.45, 2.75) is 77.0 Å². The highest BCUT2D eigenvalue weighted by molar-refractivity contribution is 7.56. The number of morpholine rings is 2. The van der Waals surface area contributed by atoms with Crippen LogP contribution in [0.3, 0.4) is 0 Å². The molecule has 2 amide bonds. The van der Waals surface area contributed by atoms with Gasteiger partial charge in [0, 0.05) is 44.1 Å². The molecule has 3 N–H and O–H groups in total. The predicted octanol–water partition coefficient (Wildman–Crippen LogP) is 8.39. The lowest BCUT2D eigenvalue weighted by atomic mass is 10.1. The quantitative estimate of drug-likeness (QED) is 0.0449. The Morgan fingerprint density at radius 2 is 1.03 bits per heavy atom. The lowest BCUT2D eigenvalue weighted by Crippen LogP contribution is -2.47. The van der Waals surface area contributed by atoms with Gasteiger partial charge in [0.1, 0.15) is 49.6 Å². The van der Waals surface area contributed by atoms with Crippen LogP contribution in [0.2, 0.25) is 0 Å². The lowest BCUT2D eigenvalue weighted by molar-refractivity contribution is -0.125.